The number of likely N-dealkylation sites (tertiary alicyclic amines) is 1. The van der Waals surface area contributed by atoms with Crippen molar-refractivity contribution in [3.8, 4) is 0 Å². The van der Waals surface area contributed by atoms with Crippen molar-refractivity contribution in [2.45, 2.75) is 33.6 Å². The van der Waals surface area contributed by atoms with Crippen LogP contribution in [0.3, 0.4) is 0 Å². The van der Waals surface area contributed by atoms with Gasteiger partial charge in [-0.1, -0.05) is 23.8 Å². The molecule has 28 heavy (non-hydrogen) atoms. The third kappa shape index (κ3) is 3.37. The lowest BCUT2D eigenvalue weighted by molar-refractivity contribution is -0.130. The van der Waals surface area contributed by atoms with Gasteiger partial charge in [0, 0.05) is 29.1 Å². The monoisotopic (exact) mass is 395 g/mol. The van der Waals surface area contributed by atoms with E-state index in [4.69, 9.17) is 4.99 Å². The van der Waals surface area contributed by atoms with Gasteiger partial charge in [-0.3, -0.25) is 19.5 Å². The van der Waals surface area contributed by atoms with E-state index in [0.717, 1.165) is 63.8 Å². The fourth-order valence-corrected chi connectivity index (χ4v) is 5.07. The number of rotatable bonds is 3. The first-order valence-corrected chi connectivity index (χ1v) is 10.6. The Morgan fingerprint density at radius 2 is 1.93 bits per heavy atom. The van der Waals surface area contributed by atoms with Crippen LogP contribution < -0.4 is 4.90 Å². The van der Waals surface area contributed by atoms with Crippen molar-refractivity contribution in [3.63, 3.8) is 0 Å². The molecule has 0 aliphatic carbocycles. The summed E-state index contributed by atoms with van der Waals surface area (Å²) < 4.78 is 0. The fraction of sp³-hybridized carbons (Fsp3) is 0.409. The van der Waals surface area contributed by atoms with Crippen molar-refractivity contribution in [1.29, 1.82) is 0 Å². The van der Waals surface area contributed by atoms with Crippen molar-refractivity contribution in [2.24, 2.45) is 4.99 Å². The van der Waals surface area contributed by atoms with Crippen LogP contribution in [0, 0.1) is 20.8 Å². The maximum atomic E-state index is 12.9. The zero-order valence-electron chi connectivity index (χ0n) is 16.6. The van der Waals surface area contributed by atoms with Crippen LogP contribution >= 0.6 is 11.3 Å². The molecule has 1 aromatic heterocycles. The van der Waals surface area contributed by atoms with Crippen molar-refractivity contribution < 1.29 is 9.59 Å². The number of nitrogens with zero attached hydrogens (tertiary/aromatic N) is 3. The highest BCUT2D eigenvalue weighted by atomic mass is 32.1. The summed E-state index contributed by atoms with van der Waals surface area (Å²) >= 11 is 1.58. The number of fused-ring (bicyclic) bond motifs is 1. The topological polar surface area (TPSA) is 53.0 Å². The van der Waals surface area contributed by atoms with Gasteiger partial charge in [0.1, 0.15) is 18.1 Å². The highest BCUT2D eigenvalue weighted by Crippen LogP contribution is 2.38. The normalized spacial score (nSPS) is 16.8. The van der Waals surface area contributed by atoms with E-state index >= 15 is 0 Å². The summed E-state index contributed by atoms with van der Waals surface area (Å²) in [7, 11) is 0. The molecule has 3 heterocycles. The predicted octanol–water partition coefficient (Wildman–Crippen LogP) is 3.48. The number of amides is 2. The van der Waals surface area contributed by atoms with Crippen LogP contribution in [0.4, 0.5) is 5.00 Å². The first-order valence-electron chi connectivity index (χ1n) is 9.75. The average molecular weight is 396 g/mol. The number of aliphatic imine (C=N–C) groups is 1. The number of carbonyl (C=O) groups excluding carboxylic acids is 2. The molecule has 146 valence electrons. The zero-order chi connectivity index (χ0) is 19.8. The first kappa shape index (κ1) is 18.9. The summed E-state index contributed by atoms with van der Waals surface area (Å²) in [6.07, 6.45) is 2.09. The lowest BCUT2D eigenvalue weighted by Gasteiger charge is -2.23. The Morgan fingerprint density at radius 3 is 2.64 bits per heavy atom. The van der Waals surface area contributed by atoms with Crippen LogP contribution in [0.5, 0.6) is 0 Å². The van der Waals surface area contributed by atoms with Gasteiger partial charge in [-0.2, -0.15) is 0 Å². The highest BCUT2D eigenvalue weighted by molar-refractivity contribution is 7.17. The standard InChI is InChI=1S/C22H25N3O2S/c1-14-7-6-8-17(11-14)21-20-15(2)16(3)28-22(20)25(18(26)12-23-21)13-19(27)24-9-4-5-10-24/h6-8,11H,4-5,9-10,12-13H2,1-3H3. The minimum atomic E-state index is -0.113. The summed E-state index contributed by atoms with van der Waals surface area (Å²) in [6.45, 7) is 7.94. The molecule has 1 saturated heterocycles. The quantitative estimate of drug-likeness (QED) is 0.799. The third-order valence-corrected chi connectivity index (χ3v) is 6.80. The molecule has 2 aromatic rings. The van der Waals surface area contributed by atoms with Gasteiger partial charge in [0.25, 0.3) is 0 Å². The highest BCUT2D eigenvalue weighted by Gasteiger charge is 2.32. The van der Waals surface area contributed by atoms with Gasteiger partial charge >= 0.3 is 0 Å². The number of hydrogen-bond acceptors (Lipinski definition) is 4. The Hall–Kier alpha value is -2.47. The smallest absolute Gasteiger partial charge is 0.249 e. The van der Waals surface area contributed by atoms with Gasteiger partial charge in [0.05, 0.1) is 5.71 Å². The first-order chi connectivity index (χ1) is 13.5. The van der Waals surface area contributed by atoms with Gasteiger partial charge < -0.3 is 4.90 Å². The lowest BCUT2D eigenvalue weighted by Crippen LogP contribution is -2.42. The molecular formula is C22H25N3O2S. The maximum absolute atomic E-state index is 12.9. The number of thiophene rings is 1. The number of carbonyl (C=O) groups is 2. The van der Waals surface area contributed by atoms with Gasteiger partial charge in [-0.15, -0.1) is 11.3 Å². The molecule has 1 fully saturated rings. The molecule has 6 heteroatoms. The van der Waals surface area contributed by atoms with Crippen LogP contribution in [0.25, 0.3) is 0 Å². The molecule has 2 amide bonds. The Labute approximate surface area is 169 Å². The molecule has 5 nitrogen and oxygen atoms in total. The molecule has 2 aliphatic rings. The Balaban J connectivity index is 1.76. The van der Waals surface area contributed by atoms with Gasteiger partial charge in [-0.25, -0.2) is 0 Å². The van der Waals surface area contributed by atoms with E-state index in [1.807, 2.05) is 17.0 Å². The molecule has 0 spiro atoms. The van der Waals surface area contributed by atoms with Crippen molar-refractivity contribution >= 4 is 33.9 Å². The van der Waals surface area contributed by atoms with Gasteiger partial charge in [0.15, 0.2) is 0 Å². The van der Waals surface area contributed by atoms with Crippen molar-refractivity contribution in [2.75, 3.05) is 31.1 Å². The minimum Gasteiger partial charge on any atom is -0.341 e. The molecule has 1 aromatic carbocycles. The van der Waals surface area contributed by atoms with Crippen LogP contribution in [0.15, 0.2) is 29.3 Å². The fourth-order valence-electron chi connectivity index (χ4n) is 3.89. The summed E-state index contributed by atoms with van der Waals surface area (Å²) in [6, 6.07) is 8.21. The molecule has 0 atom stereocenters. The summed E-state index contributed by atoms with van der Waals surface area (Å²) in [4.78, 5) is 35.1. The predicted molar refractivity (Wildman–Crippen MR) is 114 cm³/mol. The molecule has 2 aliphatic heterocycles. The van der Waals surface area contributed by atoms with E-state index in [9.17, 15) is 9.59 Å². The van der Waals surface area contributed by atoms with Crippen LogP contribution in [0.2, 0.25) is 0 Å². The van der Waals surface area contributed by atoms with E-state index in [-0.39, 0.29) is 24.9 Å². The molecule has 0 N–H and O–H groups in total. The van der Waals surface area contributed by atoms with E-state index in [1.54, 1.807) is 16.2 Å². The van der Waals surface area contributed by atoms with Crippen LogP contribution in [-0.2, 0) is 9.59 Å². The van der Waals surface area contributed by atoms with Crippen LogP contribution in [-0.4, -0.2) is 48.6 Å². The molecular weight excluding hydrogens is 370 g/mol. The molecule has 0 bridgehead atoms. The Morgan fingerprint density at radius 1 is 1.18 bits per heavy atom. The van der Waals surface area contributed by atoms with E-state index in [2.05, 4.69) is 32.9 Å². The summed E-state index contributed by atoms with van der Waals surface area (Å²) in [5.41, 5.74) is 5.15. The molecule has 0 saturated carbocycles. The van der Waals surface area contributed by atoms with Gasteiger partial charge in [0.2, 0.25) is 11.8 Å². The van der Waals surface area contributed by atoms with E-state index in [1.165, 1.54) is 0 Å². The minimum absolute atomic E-state index is 0.0273. The van der Waals surface area contributed by atoms with Crippen LogP contribution in [0.1, 0.15) is 40.0 Å². The number of anilines is 1. The Kier molecular flexibility index (Phi) is 5.06. The van der Waals surface area contributed by atoms with E-state index in [0.29, 0.717) is 0 Å². The summed E-state index contributed by atoms with van der Waals surface area (Å²) in [5.74, 6) is -0.0859. The Bertz CT molecular complexity index is 970. The van der Waals surface area contributed by atoms with Crippen molar-refractivity contribution in [3.05, 3.63) is 51.4 Å². The average Bonchev–Trinajstić information content (AvgIpc) is 3.27. The second-order valence-electron chi connectivity index (χ2n) is 7.57. The zero-order valence-corrected chi connectivity index (χ0v) is 17.4. The molecule has 4 rings (SSSR count). The molecule has 0 radical (unpaired) electrons. The maximum Gasteiger partial charge on any atom is 0.249 e. The van der Waals surface area contributed by atoms with E-state index < -0.39 is 0 Å². The second-order valence-corrected chi connectivity index (χ2v) is 8.77. The number of benzene rings is 1. The van der Waals surface area contributed by atoms with Gasteiger partial charge in [-0.05, 0) is 45.2 Å². The summed E-state index contributed by atoms with van der Waals surface area (Å²) in [5, 5.41) is 0.852. The SMILES string of the molecule is Cc1cccc(C2=NCC(=O)N(CC(=O)N3CCCC3)c3sc(C)c(C)c32)c1. The molecule has 0 unspecified atom stereocenters. The number of hydrogen-bond donors (Lipinski definition) is 0. The second kappa shape index (κ2) is 7.51. The largest absolute Gasteiger partial charge is 0.341 e. The number of aryl methyl sites for hydroxylation is 2. The van der Waals surface area contributed by atoms with Crippen molar-refractivity contribution in [1.82, 2.24) is 4.90 Å². The third-order valence-electron chi connectivity index (χ3n) is 5.57. The lowest BCUT2D eigenvalue weighted by atomic mass is 9.98.